The number of nitriles is 1. The Balaban J connectivity index is 2.17. The van der Waals surface area contributed by atoms with E-state index in [9.17, 15) is 0 Å². The molecule has 0 aliphatic carbocycles. The van der Waals surface area contributed by atoms with Crippen LogP contribution < -0.4 is 9.64 Å². The van der Waals surface area contributed by atoms with Crippen LogP contribution in [0.2, 0.25) is 0 Å². The van der Waals surface area contributed by atoms with E-state index in [1.54, 1.807) is 0 Å². The van der Waals surface area contributed by atoms with E-state index in [0.717, 1.165) is 24.5 Å². The van der Waals surface area contributed by atoms with Gasteiger partial charge in [0.25, 0.3) is 0 Å². The predicted molar refractivity (Wildman–Crippen MR) is 59.0 cm³/mol. The number of anilines is 1. The summed E-state index contributed by atoms with van der Waals surface area (Å²) in [5, 5.41) is 8.50. The molecule has 15 heavy (non-hydrogen) atoms. The molecule has 1 aromatic carbocycles. The largest absolute Gasteiger partial charge is 0.477 e. The minimum absolute atomic E-state index is 0.116. The molecule has 1 aliphatic rings. The van der Waals surface area contributed by atoms with Gasteiger partial charge in [0.2, 0.25) is 0 Å². The van der Waals surface area contributed by atoms with Crippen LogP contribution in [0, 0.1) is 11.3 Å². The number of ether oxygens (including phenoxy) is 1. The van der Waals surface area contributed by atoms with Crippen LogP contribution in [0.15, 0.2) is 24.3 Å². The highest BCUT2D eigenvalue weighted by Crippen LogP contribution is 2.30. The van der Waals surface area contributed by atoms with E-state index in [-0.39, 0.29) is 6.61 Å². The fraction of sp³-hybridized carbons (Fsp3) is 0.417. The van der Waals surface area contributed by atoms with Crippen LogP contribution in [-0.4, -0.2) is 19.7 Å². The predicted octanol–water partition coefficient (Wildman–Crippen LogP) is 2.19. The van der Waals surface area contributed by atoms with E-state index >= 15 is 0 Å². The van der Waals surface area contributed by atoms with Gasteiger partial charge in [-0.25, -0.2) is 0 Å². The van der Waals surface area contributed by atoms with Crippen LogP contribution in [0.25, 0.3) is 0 Å². The van der Waals surface area contributed by atoms with Crippen molar-refractivity contribution in [1.29, 1.82) is 5.26 Å². The van der Waals surface area contributed by atoms with Gasteiger partial charge in [0.05, 0.1) is 5.69 Å². The monoisotopic (exact) mass is 202 g/mol. The van der Waals surface area contributed by atoms with Gasteiger partial charge in [0.15, 0.2) is 6.61 Å². The van der Waals surface area contributed by atoms with Crippen molar-refractivity contribution >= 4 is 5.69 Å². The highest BCUT2D eigenvalue weighted by molar-refractivity contribution is 5.58. The van der Waals surface area contributed by atoms with Gasteiger partial charge in [-0.15, -0.1) is 0 Å². The molecule has 3 nitrogen and oxygen atoms in total. The Labute approximate surface area is 89.9 Å². The minimum Gasteiger partial charge on any atom is -0.477 e. The smallest absolute Gasteiger partial charge is 0.174 e. The quantitative estimate of drug-likeness (QED) is 0.753. The number of hydrogen-bond acceptors (Lipinski definition) is 3. The minimum atomic E-state index is 0.116. The van der Waals surface area contributed by atoms with Crippen molar-refractivity contribution in [1.82, 2.24) is 0 Å². The van der Waals surface area contributed by atoms with Gasteiger partial charge in [-0.05, 0) is 25.0 Å². The highest BCUT2D eigenvalue weighted by Gasteiger charge is 2.15. The maximum Gasteiger partial charge on any atom is 0.174 e. The molecule has 1 saturated heterocycles. The maximum atomic E-state index is 8.50. The number of rotatable bonds is 3. The molecule has 0 radical (unpaired) electrons. The van der Waals surface area contributed by atoms with Gasteiger partial charge < -0.3 is 9.64 Å². The van der Waals surface area contributed by atoms with Crippen molar-refractivity contribution in [3.8, 4) is 11.8 Å². The Morgan fingerprint density at radius 3 is 2.73 bits per heavy atom. The van der Waals surface area contributed by atoms with Crippen LogP contribution >= 0.6 is 0 Å². The van der Waals surface area contributed by atoms with Gasteiger partial charge >= 0.3 is 0 Å². The first-order chi connectivity index (χ1) is 7.42. The van der Waals surface area contributed by atoms with Crippen LogP contribution in [0.5, 0.6) is 5.75 Å². The molecule has 78 valence electrons. The molecule has 0 spiro atoms. The lowest BCUT2D eigenvalue weighted by Gasteiger charge is -2.20. The molecule has 2 rings (SSSR count). The molecule has 0 unspecified atom stereocenters. The fourth-order valence-electron chi connectivity index (χ4n) is 1.91. The molecular weight excluding hydrogens is 188 g/mol. The summed E-state index contributed by atoms with van der Waals surface area (Å²) in [5.41, 5.74) is 1.12. The summed E-state index contributed by atoms with van der Waals surface area (Å²) in [6.07, 6.45) is 2.49. The Morgan fingerprint density at radius 1 is 1.27 bits per heavy atom. The van der Waals surface area contributed by atoms with E-state index in [1.807, 2.05) is 24.3 Å². The highest BCUT2D eigenvalue weighted by atomic mass is 16.5. The van der Waals surface area contributed by atoms with Crippen molar-refractivity contribution in [3.63, 3.8) is 0 Å². The van der Waals surface area contributed by atoms with E-state index in [0.29, 0.717) is 0 Å². The number of benzene rings is 1. The topological polar surface area (TPSA) is 36.3 Å². The first-order valence-electron chi connectivity index (χ1n) is 5.25. The second-order valence-electron chi connectivity index (χ2n) is 3.61. The fourth-order valence-corrected chi connectivity index (χ4v) is 1.91. The summed E-state index contributed by atoms with van der Waals surface area (Å²) < 4.78 is 5.40. The van der Waals surface area contributed by atoms with Gasteiger partial charge in [-0.2, -0.15) is 5.26 Å². The summed E-state index contributed by atoms with van der Waals surface area (Å²) in [5.74, 6) is 0.820. The summed E-state index contributed by atoms with van der Waals surface area (Å²) >= 11 is 0. The molecule has 1 aromatic rings. The average Bonchev–Trinajstić information content (AvgIpc) is 2.80. The van der Waals surface area contributed by atoms with E-state index in [4.69, 9.17) is 10.00 Å². The lowest BCUT2D eigenvalue weighted by atomic mass is 10.2. The third kappa shape index (κ3) is 2.21. The van der Waals surface area contributed by atoms with Crippen LogP contribution in [0.1, 0.15) is 12.8 Å². The molecule has 3 heteroatoms. The second-order valence-corrected chi connectivity index (χ2v) is 3.61. The summed E-state index contributed by atoms with van der Waals surface area (Å²) in [6.45, 7) is 2.30. The van der Waals surface area contributed by atoms with Gasteiger partial charge in [-0.1, -0.05) is 12.1 Å². The summed E-state index contributed by atoms with van der Waals surface area (Å²) in [7, 11) is 0. The molecule has 0 bridgehead atoms. The molecule has 0 saturated carbocycles. The van der Waals surface area contributed by atoms with Crippen LogP contribution in [0.4, 0.5) is 5.69 Å². The van der Waals surface area contributed by atoms with Crippen molar-refractivity contribution in [2.24, 2.45) is 0 Å². The van der Waals surface area contributed by atoms with Crippen LogP contribution in [0.3, 0.4) is 0 Å². The molecule has 0 amide bonds. The molecule has 1 aliphatic heterocycles. The summed E-state index contributed by atoms with van der Waals surface area (Å²) in [4.78, 5) is 2.31. The summed E-state index contributed by atoms with van der Waals surface area (Å²) in [6, 6.07) is 9.91. The van der Waals surface area contributed by atoms with E-state index in [1.165, 1.54) is 12.8 Å². The van der Waals surface area contributed by atoms with Gasteiger partial charge in [-0.3, -0.25) is 0 Å². The van der Waals surface area contributed by atoms with Crippen molar-refractivity contribution < 1.29 is 4.74 Å². The third-order valence-corrected chi connectivity index (χ3v) is 2.60. The average molecular weight is 202 g/mol. The molecule has 0 N–H and O–H groups in total. The zero-order valence-electron chi connectivity index (χ0n) is 8.65. The Bertz CT molecular complexity index is 364. The van der Waals surface area contributed by atoms with Crippen molar-refractivity contribution in [2.75, 3.05) is 24.6 Å². The Kier molecular flexibility index (Phi) is 3.08. The second kappa shape index (κ2) is 4.70. The van der Waals surface area contributed by atoms with E-state index in [2.05, 4.69) is 11.0 Å². The Hall–Kier alpha value is -1.69. The lowest BCUT2D eigenvalue weighted by Crippen LogP contribution is -2.18. The number of nitrogens with zero attached hydrogens (tertiary/aromatic N) is 2. The lowest BCUT2D eigenvalue weighted by molar-refractivity contribution is 0.368. The number of para-hydroxylation sites is 2. The van der Waals surface area contributed by atoms with Crippen LogP contribution in [-0.2, 0) is 0 Å². The number of hydrogen-bond donors (Lipinski definition) is 0. The van der Waals surface area contributed by atoms with Crippen molar-refractivity contribution in [3.05, 3.63) is 24.3 Å². The zero-order valence-corrected chi connectivity index (χ0v) is 8.65. The maximum absolute atomic E-state index is 8.50. The standard InChI is InChI=1S/C12H14N2O/c13-7-10-15-12-6-2-1-5-11(12)14-8-3-4-9-14/h1-2,5-6H,3-4,8-10H2. The molecule has 0 aromatic heterocycles. The first kappa shape index (κ1) is 9.85. The molecule has 1 heterocycles. The molecule has 0 atom stereocenters. The normalized spacial score (nSPS) is 15.0. The third-order valence-electron chi connectivity index (χ3n) is 2.60. The van der Waals surface area contributed by atoms with Gasteiger partial charge in [0.1, 0.15) is 11.8 Å². The SMILES string of the molecule is N#CCOc1ccccc1N1CCCC1. The van der Waals surface area contributed by atoms with Gasteiger partial charge in [0, 0.05) is 13.1 Å². The molecular formula is C12H14N2O. The molecule has 1 fully saturated rings. The van der Waals surface area contributed by atoms with Crippen molar-refractivity contribution in [2.45, 2.75) is 12.8 Å². The first-order valence-corrected chi connectivity index (χ1v) is 5.25. The van der Waals surface area contributed by atoms with E-state index < -0.39 is 0 Å². The Morgan fingerprint density at radius 2 is 2.00 bits per heavy atom. The zero-order chi connectivity index (χ0) is 10.5.